The molecule has 5 heteroatoms. The standard InChI is InChI=1S/C14H20N2O3/c17-9-6-13-11-15(7-8-16(13)14(18)19)10-12-4-2-1-3-5-12/h1-5,13,17H,6-11H2,(H,18,19). The lowest BCUT2D eigenvalue weighted by Crippen LogP contribution is -2.54. The molecule has 0 spiro atoms. The average molecular weight is 264 g/mol. The van der Waals surface area contributed by atoms with E-state index in [2.05, 4.69) is 17.0 Å². The molecular formula is C14H20N2O3. The molecule has 2 rings (SSSR count). The highest BCUT2D eigenvalue weighted by atomic mass is 16.4. The molecule has 1 unspecified atom stereocenters. The highest BCUT2D eigenvalue weighted by molar-refractivity contribution is 5.65. The van der Waals surface area contributed by atoms with Crippen molar-refractivity contribution in [1.82, 2.24) is 9.80 Å². The van der Waals surface area contributed by atoms with Crippen molar-refractivity contribution in [1.29, 1.82) is 0 Å². The Hall–Kier alpha value is -1.59. The minimum atomic E-state index is -0.891. The number of carboxylic acid groups (broad SMARTS) is 1. The van der Waals surface area contributed by atoms with Crippen LogP contribution in [0.3, 0.4) is 0 Å². The van der Waals surface area contributed by atoms with E-state index in [1.807, 2.05) is 18.2 Å². The van der Waals surface area contributed by atoms with Gasteiger partial charge in [0.2, 0.25) is 0 Å². The summed E-state index contributed by atoms with van der Waals surface area (Å²) in [4.78, 5) is 14.8. The molecule has 1 atom stereocenters. The summed E-state index contributed by atoms with van der Waals surface area (Å²) >= 11 is 0. The highest BCUT2D eigenvalue weighted by Gasteiger charge is 2.29. The first kappa shape index (κ1) is 13.8. The summed E-state index contributed by atoms with van der Waals surface area (Å²) in [7, 11) is 0. The first-order chi connectivity index (χ1) is 9.20. The molecule has 5 nitrogen and oxygen atoms in total. The SMILES string of the molecule is O=C(O)N1CCN(Cc2ccccc2)CC1CCO. The molecule has 0 saturated carbocycles. The van der Waals surface area contributed by atoms with Gasteiger partial charge in [-0.2, -0.15) is 0 Å². The number of rotatable bonds is 4. The van der Waals surface area contributed by atoms with E-state index < -0.39 is 6.09 Å². The fourth-order valence-electron chi connectivity index (χ4n) is 2.55. The van der Waals surface area contributed by atoms with Crippen molar-refractivity contribution in [2.75, 3.05) is 26.2 Å². The number of piperazine rings is 1. The van der Waals surface area contributed by atoms with Crippen molar-refractivity contribution in [3.05, 3.63) is 35.9 Å². The number of aliphatic hydroxyl groups excluding tert-OH is 1. The molecule has 1 fully saturated rings. The third-order valence-corrected chi connectivity index (χ3v) is 3.52. The monoisotopic (exact) mass is 264 g/mol. The normalized spacial score (nSPS) is 20.5. The predicted octanol–water partition coefficient (Wildman–Crippen LogP) is 1.23. The quantitative estimate of drug-likeness (QED) is 0.858. The maximum absolute atomic E-state index is 11.1. The minimum absolute atomic E-state index is 0.0215. The lowest BCUT2D eigenvalue weighted by Gasteiger charge is -2.39. The van der Waals surface area contributed by atoms with Crippen LogP contribution in [-0.4, -0.2) is 58.4 Å². The van der Waals surface area contributed by atoms with Crippen LogP contribution in [0.5, 0.6) is 0 Å². The van der Waals surface area contributed by atoms with Crippen LogP contribution in [0.1, 0.15) is 12.0 Å². The van der Waals surface area contributed by atoms with Crippen LogP contribution in [0.15, 0.2) is 30.3 Å². The van der Waals surface area contributed by atoms with Crippen LogP contribution in [0.4, 0.5) is 4.79 Å². The summed E-state index contributed by atoms with van der Waals surface area (Å²) < 4.78 is 0. The molecule has 2 N–H and O–H groups in total. The zero-order valence-electron chi connectivity index (χ0n) is 10.9. The summed E-state index contributed by atoms with van der Waals surface area (Å²) in [6, 6.07) is 10.0. The number of aliphatic hydroxyl groups is 1. The number of hydrogen-bond acceptors (Lipinski definition) is 3. The van der Waals surface area contributed by atoms with Gasteiger partial charge in [0.05, 0.1) is 0 Å². The lowest BCUT2D eigenvalue weighted by atomic mass is 10.1. The molecule has 104 valence electrons. The Kier molecular flexibility index (Phi) is 4.76. The second kappa shape index (κ2) is 6.54. The Morgan fingerprint density at radius 3 is 2.63 bits per heavy atom. The van der Waals surface area contributed by atoms with Crippen molar-refractivity contribution in [2.24, 2.45) is 0 Å². The fraction of sp³-hybridized carbons (Fsp3) is 0.500. The van der Waals surface area contributed by atoms with Gasteiger partial charge < -0.3 is 15.1 Å². The van der Waals surface area contributed by atoms with Crippen LogP contribution in [0.2, 0.25) is 0 Å². The van der Waals surface area contributed by atoms with Crippen LogP contribution in [0, 0.1) is 0 Å². The molecule has 0 radical (unpaired) electrons. The number of carbonyl (C=O) groups is 1. The average Bonchev–Trinajstić information content (AvgIpc) is 2.40. The summed E-state index contributed by atoms with van der Waals surface area (Å²) in [5.41, 5.74) is 1.23. The van der Waals surface area contributed by atoms with Crippen molar-refractivity contribution >= 4 is 6.09 Å². The fourth-order valence-corrected chi connectivity index (χ4v) is 2.55. The van der Waals surface area contributed by atoms with Gasteiger partial charge in [-0.05, 0) is 12.0 Å². The van der Waals surface area contributed by atoms with E-state index in [0.29, 0.717) is 19.5 Å². The van der Waals surface area contributed by atoms with E-state index in [4.69, 9.17) is 10.2 Å². The van der Waals surface area contributed by atoms with E-state index in [1.165, 1.54) is 10.5 Å². The molecule has 1 amide bonds. The molecule has 1 aliphatic rings. The molecule has 0 aromatic heterocycles. The van der Waals surface area contributed by atoms with Crippen LogP contribution >= 0.6 is 0 Å². The summed E-state index contributed by atoms with van der Waals surface area (Å²) in [5.74, 6) is 0. The van der Waals surface area contributed by atoms with E-state index in [-0.39, 0.29) is 12.6 Å². The highest BCUT2D eigenvalue weighted by Crippen LogP contribution is 2.15. The van der Waals surface area contributed by atoms with Gasteiger partial charge in [0.25, 0.3) is 0 Å². The van der Waals surface area contributed by atoms with Crippen LogP contribution in [0.25, 0.3) is 0 Å². The third kappa shape index (κ3) is 3.68. The maximum Gasteiger partial charge on any atom is 0.407 e. The second-order valence-electron chi connectivity index (χ2n) is 4.86. The first-order valence-corrected chi connectivity index (χ1v) is 6.57. The Labute approximate surface area is 113 Å². The molecule has 1 aliphatic heterocycles. The van der Waals surface area contributed by atoms with Crippen molar-refractivity contribution in [3.8, 4) is 0 Å². The van der Waals surface area contributed by atoms with Crippen molar-refractivity contribution in [2.45, 2.75) is 19.0 Å². The van der Waals surface area contributed by atoms with Gasteiger partial charge in [-0.15, -0.1) is 0 Å². The van der Waals surface area contributed by atoms with Gasteiger partial charge in [0.15, 0.2) is 0 Å². The second-order valence-corrected chi connectivity index (χ2v) is 4.86. The Bertz CT molecular complexity index is 410. The Morgan fingerprint density at radius 1 is 1.26 bits per heavy atom. The summed E-state index contributed by atoms with van der Waals surface area (Å²) in [6.07, 6.45) is -0.393. The zero-order valence-corrected chi connectivity index (χ0v) is 10.9. The van der Waals surface area contributed by atoms with Crippen molar-refractivity contribution < 1.29 is 15.0 Å². The molecule has 0 bridgehead atoms. The Balaban J connectivity index is 1.96. The van der Waals surface area contributed by atoms with Gasteiger partial charge in [0.1, 0.15) is 0 Å². The van der Waals surface area contributed by atoms with E-state index in [0.717, 1.165) is 13.1 Å². The van der Waals surface area contributed by atoms with Gasteiger partial charge in [0, 0.05) is 38.8 Å². The molecule has 0 aliphatic carbocycles. The van der Waals surface area contributed by atoms with Crippen LogP contribution in [-0.2, 0) is 6.54 Å². The topological polar surface area (TPSA) is 64.0 Å². The molecule has 1 saturated heterocycles. The van der Waals surface area contributed by atoms with Gasteiger partial charge in [-0.25, -0.2) is 4.79 Å². The largest absolute Gasteiger partial charge is 0.465 e. The molecular weight excluding hydrogens is 244 g/mol. The molecule has 19 heavy (non-hydrogen) atoms. The minimum Gasteiger partial charge on any atom is -0.465 e. The molecule has 1 aromatic carbocycles. The van der Waals surface area contributed by atoms with Crippen LogP contribution < -0.4 is 0 Å². The lowest BCUT2D eigenvalue weighted by molar-refractivity contribution is 0.0539. The van der Waals surface area contributed by atoms with E-state index >= 15 is 0 Å². The number of amides is 1. The van der Waals surface area contributed by atoms with Gasteiger partial charge in [-0.3, -0.25) is 4.90 Å². The number of nitrogens with zero attached hydrogens (tertiary/aromatic N) is 2. The molecule has 1 heterocycles. The number of hydrogen-bond donors (Lipinski definition) is 2. The smallest absolute Gasteiger partial charge is 0.407 e. The summed E-state index contributed by atoms with van der Waals surface area (Å²) in [5, 5.41) is 18.2. The number of benzene rings is 1. The maximum atomic E-state index is 11.1. The third-order valence-electron chi connectivity index (χ3n) is 3.52. The van der Waals surface area contributed by atoms with E-state index in [9.17, 15) is 4.79 Å². The zero-order chi connectivity index (χ0) is 13.7. The molecule has 1 aromatic rings. The summed E-state index contributed by atoms with van der Waals surface area (Å²) in [6.45, 7) is 2.78. The van der Waals surface area contributed by atoms with Crippen molar-refractivity contribution in [3.63, 3.8) is 0 Å². The van der Waals surface area contributed by atoms with Gasteiger partial charge >= 0.3 is 6.09 Å². The van der Waals surface area contributed by atoms with Gasteiger partial charge in [-0.1, -0.05) is 30.3 Å². The van der Waals surface area contributed by atoms with E-state index in [1.54, 1.807) is 0 Å². The Morgan fingerprint density at radius 2 is 2.00 bits per heavy atom. The first-order valence-electron chi connectivity index (χ1n) is 6.57. The predicted molar refractivity (Wildman–Crippen MR) is 71.9 cm³/mol.